The second-order valence-corrected chi connectivity index (χ2v) is 13.5. The summed E-state index contributed by atoms with van der Waals surface area (Å²) in [5.74, 6) is -0.966. The maximum absolute atomic E-state index is 13.6. The minimum atomic E-state index is -1.22. The van der Waals surface area contributed by atoms with Crippen LogP contribution < -0.4 is 0 Å². The Kier molecular flexibility index (Phi) is 8.43. The van der Waals surface area contributed by atoms with E-state index in [9.17, 15) is 25.3 Å². The lowest BCUT2D eigenvalue weighted by Crippen LogP contribution is -2.70. The predicted octanol–water partition coefficient (Wildman–Crippen LogP) is 1.47. The van der Waals surface area contributed by atoms with Crippen molar-refractivity contribution in [3.05, 3.63) is 5.21 Å². The maximum atomic E-state index is 13.6. The van der Waals surface area contributed by atoms with Crippen molar-refractivity contribution in [2.45, 2.75) is 107 Å². The van der Waals surface area contributed by atoms with Gasteiger partial charge in [-0.2, -0.15) is 0 Å². The molecule has 0 aromatic carbocycles. The monoisotopic (exact) mass is 555 g/mol. The number of esters is 1. The van der Waals surface area contributed by atoms with Crippen LogP contribution in [-0.4, -0.2) is 109 Å². The second-order valence-electron chi connectivity index (χ2n) is 13.5. The molecule has 3 N–H and O–H groups in total. The van der Waals surface area contributed by atoms with Crippen LogP contribution in [-0.2, 0) is 23.7 Å². The highest BCUT2D eigenvalue weighted by atomic mass is 16.6. The molecule has 5 aliphatic rings. The first-order valence-corrected chi connectivity index (χ1v) is 14.9. The zero-order valence-corrected chi connectivity index (χ0v) is 24.2. The smallest absolute Gasteiger partial charge is 0.309 e. The van der Waals surface area contributed by atoms with Crippen molar-refractivity contribution < 1.29 is 43.7 Å². The summed E-state index contributed by atoms with van der Waals surface area (Å²) in [4.78, 5) is 13.6. The van der Waals surface area contributed by atoms with Crippen LogP contribution in [0.3, 0.4) is 0 Å². The van der Waals surface area contributed by atoms with Crippen molar-refractivity contribution in [3.63, 3.8) is 0 Å². The number of hydroxylamine groups is 3. The number of carbonyl (C=O) groups is 1. The average Bonchev–Trinajstić information content (AvgIpc) is 2.89. The van der Waals surface area contributed by atoms with Crippen LogP contribution in [0.15, 0.2) is 0 Å². The van der Waals surface area contributed by atoms with E-state index in [0.717, 1.165) is 19.3 Å². The molecule has 16 atom stereocenters. The van der Waals surface area contributed by atoms with E-state index < -0.39 is 47.3 Å². The Labute approximate surface area is 232 Å². The number of aliphatic hydroxyl groups excluding tert-OH is 3. The largest absolute Gasteiger partial charge is 0.633 e. The topological polar surface area (TPSA) is 138 Å². The van der Waals surface area contributed by atoms with Gasteiger partial charge in [0.25, 0.3) is 0 Å². The van der Waals surface area contributed by atoms with Crippen LogP contribution in [0.5, 0.6) is 0 Å². The molecular formula is C29H49NO9. The molecule has 0 amide bonds. The SMILES string of the molecule is CCC1CC(OC)C2C(C1)C(=O)OC1C2CC(OC)C2C(O)CCC(C3OC(C)C(O)C([N+](C)(C)[O-])C3O)C12. The van der Waals surface area contributed by atoms with E-state index in [1.807, 2.05) is 0 Å². The predicted molar refractivity (Wildman–Crippen MR) is 141 cm³/mol. The van der Waals surface area contributed by atoms with Gasteiger partial charge in [-0.05, 0) is 50.9 Å². The number of aliphatic hydroxyl groups is 3. The van der Waals surface area contributed by atoms with Gasteiger partial charge < -0.3 is 44.1 Å². The van der Waals surface area contributed by atoms with Crippen molar-refractivity contribution in [2.24, 2.45) is 41.4 Å². The number of quaternary nitrogens is 1. The van der Waals surface area contributed by atoms with Crippen molar-refractivity contribution >= 4 is 5.97 Å². The number of ether oxygens (including phenoxy) is 4. The Morgan fingerprint density at radius 3 is 2.21 bits per heavy atom. The number of hydrogen-bond acceptors (Lipinski definition) is 9. The minimum Gasteiger partial charge on any atom is -0.633 e. The normalized spacial score (nSPS) is 52.3. The van der Waals surface area contributed by atoms with Crippen molar-refractivity contribution in [2.75, 3.05) is 28.3 Å². The maximum Gasteiger partial charge on any atom is 0.309 e. The fourth-order valence-corrected chi connectivity index (χ4v) is 9.44. The third-order valence-electron chi connectivity index (χ3n) is 11.2. The van der Waals surface area contributed by atoms with E-state index in [-0.39, 0.29) is 53.7 Å². The summed E-state index contributed by atoms with van der Waals surface area (Å²) in [5.41, 5.74) is 0. The molecule has 10 nitrogen and oxygen atoms in total. The molecule has 2 heterocycles. The van der Waals surface area contributed by atoms with Gasteiger partial charge in [-0.15, -0.1) is 0 Å². The molecule has 0 aromatic heterocycles. The van der Waals surface area contributed by atoms with Gasteiger partial charge in [0.15, 0.2) is 0 Å². The molecule has 39 heavy (non-hydrogen) atoms. The van der Waals surface area contributed by atoms with Gasteiger partial charge in [0.05, 0.1) is 50.5 Å². The molecule has 3 saturated carbocycles. The standard InChI is InChI=1S/C29H49NO9/c1-7-14-10-17-21(19(11-14)36-5)16-12-20(37-6)23-18(31)9-8-15(22(23)27(16)39-29(17)34)28-26(33)24(30(3,4)35)25(32)13(2)38-28/h13-28,31-33H,7-12H2,1-6H3. The van der Waals surface area contributed by atoms with Crippen LogP contribution in [0, 0.1) is 46.6 Å². The molecule has 5 fully saturated rings. The summed E-state index contributed by atoms with van der Waals surface area (Å²) in [6.07, 6.45) is -0.800. The molecule has 2 saturated heterocycles. The summed E-state index contributed by atoms with van der Waals surface area (Å²) in [6.45, 7) is 3.88. The first kappa shape index (κ1) is 29.6. The molecule has 5 rings (SSSR count). The molecule has 2 aliphatic heterocycles. The van der Waals surface area contributed by atoms with Crippen molar-refractivity contribution in [1.82, 2.24) is 0 Å². The Bertz CT molecular complexity index is 881. The van der Waals surface area contributed by atoms with E-state index in [2.05, 4.69) is 6.92 Å². The highest BCUT2D eigenvalue weighted by Crippen LogP contribution is 2.57. The number of fused-ring (bicyclic) bond motifs is 5. The lowest BCUT2D eigenvalue weighted by Gasteiger charge is -2.61. The van der Waals surface area contributed by atoms with Crippen LogP contribution >= 0.6 is 0 Å². The fraction of sp³-hybridized carbons (Fsp3) is 0.966. The fourth-order valence-electron chi connectivity index (χ4n) is 9.44. The van der Waals surface area contributed by atoms with Gasteiger partial charge >= 0.3 is 5.97 Å². The van der Waals surface area contributed by atoms with Crippen LogP contribution in [0.25, 0.3) is 0 Å². The molecule has 0 aromatic rings. The number of methoxy groups -OCH3 is 2. The highest BCUT2D eigenvalue weighted by molar-refractivity contribution is 5.74. The zero-order chi connectivity index (χ0) is 28.4. The van der Waals surface area contributed by atoms with Crippen molar-refractivity contribution in [1.29, 1.82) is 0 Å². The van der Waals surface area contributed by atoms with E-state index in [1.54, 1.807) is 21.1 Å². The average molecular weight is 556 g/mol. The van der Waals surface area contributed by atoms with E-state index in [0.29, 0.717) is 25.2 Å². The summed E-state index contributed by atoms with van der Waals surface area (Å²) >= 11 is 0. The lowest BCUT2D eigenvalue weighted by atomic mass is 9.52. The summed E-state index contributed by atoms with van der Waals surface area (Å²) in [5, 5.41) is 46.7. The highest BCUT2D eigenvalue weighted by Gasteiger charge is 2.64. The van der Waals surface area contributed by atoms with Crippen LogP contribution in [0.1, 0.15) is 52.4 Å². The van der Waals surface area contributed by atoms with Gasteiger partial charge in [-0.1, -0.05) is 13.3 Å². The van der Waals surface area contributed by atoms with Gasteiger partial charge in [0.1, 0.15) is 24.4 Å². The van der Waals surface area contributed by atoms with Crippen LogP contribution in [0.4, 0.5) is 0 Å². The minimum absolute atomic E-state index is 0.00898. The summed E-state index contributed by atoms with van der Waals surface area (Å²) in [6, 6.07) is -0.984. The molecule has 0 radical (unpaired) electrons. The number of likely N-dealkylation sites (N-methyl/N-ethyl adjacent to an activating group) is 1. The number of rotatable bonds is 5. The molecule has 0 spiro atoms. The Balaban J connectivity index is 1.53. The van der Waals surface area contributed by atoms with Gasteiger partial charge in [0.2, 0.25) is 0 Å². The first-order chi connectivity index (χ1) is 18.4. The Hall–Kier alpha value is -0.850. The third-order valence-corrected chi connectivity index (χ3v) is 11.2. The van der Waals surface area contributed by atoms with Crippen LogP contribution in [0.2, 0.25) is 0 Å². The third kappa shape index (κ3) is 4.96. The van der Waals surface area contributed by atoms with Crippen molar-refractivity contribution in [3.8, 4) is 0 Å². The molecule has 224 valence electrons. The Morgan fingerprint density at radius 2 is 1.59 bits per heavy atom. The summed E-state index contributed by atoms with van der Waals surface area (Å²) in [7, 11) is 6.25. The molecule has 10 heteroatoms. The first-order valence-electron chi connectivity index (χ1n) is 14.9. The molecule has 0 bridgehead atoms. The number of hydrogen-bond donors (Lipinski definition) is 3. The second kappa shape index (κ2) is 11.1. The molecule has 16 unspecified atom stereocenters. The number of carbonyl (C=O) groups excluding carboxylic acids is 1. The van der Waals surface area contributed by atoms with E-state index in [1.165, 1.54) is 14.1 Å². The summed E-state index contributed by atoms with van der Waals surface area (Å²) < 4.78 is 23.8. The van der Waals surface area contributed by atoms with E-state index in [4.69, 9.17) is 18.9 Å². The van der Waals surface area contributed by atoms with Gasteiger partial charge in [-0.3, -0.25) is 4.79 Å². The number of nitrogens with zero attached hydrogens (tertiary/aromatic N) is 1. The van der Waals surface area contributed by atoms with E-state index >= 15 is 0 Å². The lowest BCUT2D eigenvalue weighted by molar-refractivity contribution is -0.878. The molecular weight excluding hydrogens is 506 g/mol. The van der Waals surface area contributed by atoms with Gasteiger partial charge in [0, 0.05) is 37.9 Å². The Morgan fingerprint density at radius 1 is 0.923 bits per heavy atom. The quantitative estimate of drug-likeness (QED) is 0.262. The molecule has 3 aliphatic carbocycles. The zero-order valence-electron chi connectivity index (χ0n) is 24.2. The van der Waals surface area contributed by atoms with Gasteiger partial charge in [-0.25, -0.2) is 0 Å².